The maximum atomic E-state index is 11.0. The molecule has 0 saturated heterocycles. The number of hydrogen-bond acceptors (Lipinski definition) is 5. The molecular weight excluding hydrogens is 203 g/mol. The Morgan fingerprint density at radius 1 is 1.23 bits per heavy atom. The van der Waals surface area contributed by atoms with Gasteiger partial charge < -0.3 is 24.0 Å². The van der Waals surface area contributed by atoms with Crippen LogP contribution >= 0.6 is 7.60 Å². The average molecular weight is 214 g/mol. The molecule has 0 unspecified atom stereocenters. The predicted octanol–water partition coefficient (Wildman–Crippen LogP) is -0.716. The zero-order valence-electron chi connectivity index (χ0n) is 7.38. The molecule has 0 aromatic carbocycles. The van der Waals surface area contributed by atoms with Crippen LogP contribution in [-0.2, 0) is 23.6 Å². The van der Waals surface area contributed by atoms with E-state index in [0.29, 0.717) is 0 Å². The van der Waals surface area contributed by atoms with Crippen LogP contribution in [0.4, 0.5) is 0 Å². The third-order valence-electron chi connectivity index (χ3n) is 1.38. The lowest BCUT2D eigenvalue weighted by Gasteiger charge is -2.27. The Balaban J connectivity index is 5.16. The van der Waals surface area contributed by atoms with Crippen LogP contribution in [0.25, 0.3) is 0 Å². The number of methoxy groups -OCH3 is 3. The van der Waals surface area contributed by atoms with Crippen LogP contribution in [0.5, 0.6) is 0 Å². The van der Waals surface area contributed by atoms with Crippen molar-refractivity contribution < 1.29 is 33.4 Å². The van der Waals surface area contributed by atoms with E-state index >= 15 is 0 Å². The van der Waals surface area contributed by atoms with Crippen molar-refractivity contribution in [1.29, 1.82) is 0 Å². The van der Waals surface area contributed by atoms with Crippen molar-refractivity contribution in [2.45, 2.75) is 5.53 Å². The molecular formula is C5H11O7P. The SMILES string of the molecule is COC(=O)C(OC)(OC)P(=O)(O)O. The highest BCUT2D eigenvalue weighted by Crippen LogP contribution is 2.51. The van der Waals surface area contributed by atoms with Crippen molar-refractivity contribution in [2.24, 2.45) is 0 Å². The summed E-state index contributed by atoms with van der Waals surface area (Å²) in [4.78, 5) is 28.6. The first-order chi connectivity index (χ1) is 5.85. The monoisotopic (exact) mass is 214 g/mol. The lowest BCUT2D eigenvalue weighted by Crippen LogP contribution is -2.43. The third kappa shape index (κ3) is 2.07. The molecule has 7 nitrogen and oxygen atoms in total. The standard InChI is InChI=1S/C5H11O7P/c1-10-4(6)5(11-2,12-3)13(7,8)9/h1-3H3,(H2,7,8,9). The summed E-state index contributed by atoms with van der Waals surface area (Å²) in [7, 11) is -2.08. The molecule has 2 N–H and O–H groups in total. The van der Waals surface area contributed by atoms with Crippen molar-refractivity contribution in [3.05, 3.63) is 0 Å². The van der Waals surface area contributed by atoms with Gasteiger partial charge in [-0.15, -0.1) is 0 Å². The molecule has 0 radical (unpaired) electrons. The van der Waals surface area contributed by atoms with Crippen molar-refractivity contribution in [2.75, 3.05) is 21.3 Å². The summed E-state index contributed by atoms with van der Waals surface area (Å²) >= 11 is 0. The minimum Gasteiger partial charge on any atom is -0.464 e. The van der Waals surface area contributed by atoms with Gasteiger partial charge in [-0.1, -0.05) is 0 Å². The topological polar surface area (TPSA) is 102 Å². The number of esters is 1. The lowest BCUT2D eigenvalue weighted by molar-refractivity contribution is -0.200. The van der Waals surface area contributed by atoms with Crippen LogP contribution < -0.4 is 0 Å². The van der Waals surface area contributed by atoms with E-state index in [4.69, 9.17) is 9.79 Å². The molecule has 0 spiro atoms. The fourth-order valence-electron chi connectivity index (χ4n) is 0.736. The smallest absolute Gasteiger partial charge is 0.397 e. The highest BCUT2D eigenvalue weighted by Gasteiger charge is 2.57. The second kappa shape index (κ2) is 4.17. The Bertz CT molecular complexity index is 227. The van der Waals surface area contributed by atoms with Crippen molar-refractivity contribution in [3.8, 4) is 0 Å². The summed E-state index contributed by atoms with van der Waals surface area (Å²) in [6, 6.07) is 0. The molecule has 0 fully saturated rings. The van der Waals surface area contributed by atoms with Gasteiger partial charge in [0.15, 0.2) is 0 Å². The molecule has 8 heteroatoms. The summed E-state index contributed by atoms with van der Waals surface area (Å²) in [5, 5.41) is 0. The van der Waals surface area contributed by atoms with Crippen LogP contribution in [0.2, 0.25) is 0 Å². The Morgan fingerprint density at radius 3 is 1.69 bits per heavy atom. The molecule has 0 heterocycles. The maximum Gasteiger partial charge on any atom is 0.397 e. The summed E-state index contributed by atoms with van der Waals surface area (Å²) in [5.41, 5.74) is -2.66. The quantitative estimate of drug-likeness (QED) is 0.361. The fraction of sp³-hybridized carbons (Fsp3) is 0.800. The molecule has 0 aliphatic rings. The molecule has 0 atom stereocenters. The highest BCUT2D eigenvalue weighted by molar-refractivity contribution is 7.54. The minimum atomic E-state index is -4.90. The van der Waals surface area contributed by atoms with Gasteiger partial charge in [0.05, 0.1) is 7.11 Å². The molecule has 78 valence electrons. The van der Waals surface area contributed by atoms with Gasteiger partial charge in [-0.05, 0) is 0 Å². The molecule has 0 bridgehead atoms. The van der Waals surface area contributed by atoms with E-state index < -0.39 is 19.1 Å². The van der Waals surface area contributed by atoms with Crippen molar-refractivity contribution in [1.82, 2.24) is 0 Å². The van der Waals surface area contributed by atoms with Gasteiger partial charge in [0.25, 0.3) is 0 Å². The molecule has 0 aliphatic carbocycles. The predicted molar refractivity (Wildman–Crippen MR) is 40.8 cm³/mol. The van der Waals surface area contributed by atoms with E-state index in [9.17, 15) is 9.36 Å². The lowest BCUT2D eigenvalue weighted by atomic mass is 10.6. The van der Waals surface area contributed by atoms with Crippen LogP contribution in [0.1, 0.15) is 0 Å². The molecule has 0 rings (SSSR count). The van der Waals surface area contributed by atoms with Crippen LogP contribution in [0, 0.1) is 0 Å². The van der Waals surface area contributed by atoms with E-state index in [-0.39, 0.29) is 0 Å². The molecule has 13 heavy (non-hydrogen) atoms. The zero-order chi connectivity index (χ0) is 10.7. The van der Waals surface area contributed by atoms with Crippen molar-refractivity contribution >= 4 is 13.6 Å². The van der Waals surface area contributed by atoms with E-state index in [1.165, 1.54) is 0 Å². The molecule has 0 aliphatic heterocycles. The van der Waals surface area contributed by atoms with E-state index in [1.807, 2.05) is 0 Å². The molecule has 0 amide bonds. The van der Waals surface area contributed by atoms with E-state index in [0.717, 1.165) is 21.3 Å². The third-order valence-corrected chi connectivity index (χ3v) is 2.69. The summed E-state index contributed by atoms with van der Waals surface area (Å²) < 4.78 is 23.7. The van der Waals surface area contributed by atoms with E-state index in [1.54, 1.807) is 0 Å². The largest absolute Gasteiger partial charge is 0.464 e. The normalized spacial score (nSPS) is 12.7. The second-order valence-corrected chi connectivity index (χ2v) is 3.70. The first-order valence-electron chi connectivity index (χ1n) is 3.10. The first-order valence-corrected chi connectivity index (χ1v) is 4.71. The van der Waals surface area contributed by atoms with E-state index in [2.05, 4.69) is 14.2 Å². The Morgan fingerprint density at radius 2 is 1.62 bits per heavy atom. The van der Waals surface area contributed by atoms with Crippen LogP contribution in [-0.4, -0.2) is 42.6 Å². The highest BCUT2D eigenvalue weighted by atomic mass is 31.2. The molecule has 0 saturated carbocycles. The van der Waals surface area contributed by atoms with Gasteiger partial charge in [0.1, 0.15) is 0 Å². The number of carbonyl (C=O) groups excluding carboxylic acids is 1. The van der Waals surface area contributed by atoms with Crippen molar-refractivity contribution in [3.63, 3.8) is 0 Å². The summed E-state index contributed by atoms with van der Waals surface area (Å²) in [6.07, 6.45) is 0. The average Bonchev–Trinajstić information content (AvgIpc) is 2.04. The van der Waals surface area contributed by atoms with Gasteiger partial charge in [-0.3, -0.25) is 4.57 Å². The number of rotatable bonds is 4. The maximum absolute atomic E-state index is 11.0. The first kappa shape index (κ1) is 12.5. The molecule has 0 aromatic heterocycles. The van der Waals surface area contributed by atoms with Crippen LogP contribution in [0.3, 0.4) is 0 Å². The Kier molecular flexibility index (Phi) is 4.02. The Hall–Kier alpha value is -0.460. The van der Waals surface area contributed by atoms with Gasteiger partial charge in [0.2, 0.25) is 0 Å². The molecule has 0 aromatic rings. The second-order valence-electron chi connectivity index (χ2n) is 2.03. The summed E-state index contributed by atoms with van der Waals surface area (Å²) in [6.45, 7) is 0. The fourth-order valence-corrected chi connectivity index (χ4v) is 1.54. The van der Waals surface area contributed by atoms with Gasteiger partial charge in [-0.2, -0.15) is 0 Å². The minimum absolute atomic E-state index is 0.930. The number of ether oxygens (including phenoxy) is 3. The van der Waals surface area contributed by atoms with Gasteiger partial charge >= 0.3 is 19.1 Å². The van der Waals surface area contributed by atoms with Gasteiger partial charge in [-0.25, -0.2) is 4.79 Å². The summed E-state index contributed by atoms with van der Waals surface area (Å²) in [5.74, 6) is -1.29. The number of hydrogen-bond donors (Lipinski definition) is 2. The Labute approximate surface area is 74.8 Å². The number of carbonyl (C=O) groups is 1. The zero-order valence-corrected chi connectivity index (χ0v) is 8.28. The van der Waals surface area contributed by atoms with Crippen LogP contribution in [0.15, 0.2) is 0 Å². The van der Waals surface area contributed by atoms with Gasteiger partial charge in [0, 0.05) is 14.2 Å².